The Morgan fingerprint density at radius 2 is 2.06 bits per heavy atom. The number of rotatable bonds is 3. The third kappa shape index (κ3) is 2.74. The largest absolute Gasteiger partial charge is 0.484 e. The van der Waals surface area contributed by atoms with Crippen LogP contribution in [0, 0.1) is 0 Å². The van der Waals surface area contributed by atoms with E-state index in [9.17, 15) is 9.59 Å². The van der Waals surface area contributed by atoms with Gasteiger partial charge in [-0.15, -0.1) is 0 Å². The van der Waals surface area contributed by atoms with E-state index >= 15 is 0 Å². The lowest BCUT2D eigenvalue weighted by Gasteiger charge is -2.09. The first-order chi connectivity index (χ1) is 8.74. The molecule has 0 saturated heterocycles. The van der Waals surface area contributed by atoms with Crippen LogP contribution in [0.3, 0.4) is 0 Å². The van der Waals surface area contributed by atoms with Gasteiger partial charge in [-0.3, -0.25) is 14.6 Å². The molecule has 2 rings (SSSR count). The molecule has 0 aliphatic rings. The van der Waals surface area contributed by atoms with Crippen LogP contribution in [0.4, 0.5) is 0 Å². The van der Waals surface area contributed by atoms with Crippen molar-refractivity contribution in [2.45, 2.75) is 13.8 Å². The molecule has 2 aromatic rings. The summed E-state index contributed by atoms with van der Waals surface area (Å²) in [6.07, 6.45) is 2.24. The van der Waals surface area contributed by atoms with E-state index in [2.05, 4.69) is 4.98 Å². The van der Waals surface area contributed by atoms with E-state index in [1.807, 2.05) is 13.8 Å². The molecule has 2 heterocycles. The van der Waals surface area contributed by atoms with Crippen molar-refractivity contribution < 1.29 is 9.53 Å². The van der Waals surface area contributed by atoms with E-state index < -0.39 is 0 Å². The highest BCUT2D eigenvalue weighted by Gasteiger charge is 2.06. The van der Waals surface area contributed by atoms with Crippen LogP contribution < -0.4 is 10.3 Å². The Hall–Kier alpha value is -2.17. The molecule has 0 unspecified atom stereocenters. The third-order valence-corrected chi connectivity index (χ3v) is 2.27. The Bertz CT molecular complexity index is 590. The average Bonchev–Trinajstić information content (AvgIpc) is 2.43. The molecule has 96 valence electrons. The van der Waals surface area contributed by atoms with Crippen LogP contribution in [-0.4, -0.2) is 22.4 Å². The topological polar surface area (TPSA) is 61.2 Å². The number of ether oxygens (including phenoxy) is 1. The summed E-state index contributed by atoms with van der Waals surface area (Å²) < 4.78 is 6.68. The summed E-state index contributed by atoms with van der Waals surface area (Å²) in [6.45, 7) is 3.96. The van der Waals surface area contributed by atoms with Crippen LogP contribution in [0.2, 0.25) is 0 Å². The Morgan fingerprint density at radius 3 is 2.72 bits per heavy atom. The number of hydrogen-bond acceptors (Lipinski definition) is 4. The number of aldehydes is 1. The van der Waals surface area contributed by atoms with E-state index in [4.69, 9.17) is 4.74 Å². The summed E-state index contributed by atoms with van der Waals surface area (Å²) in [4.78, 5) is 25.8. The average molecular weight is 248 g/mol. The summed E-state index contributed by atoms with van der Waals surface area (Å²) in [5, 5.41) is 0. The van der Waals surface area contributed by atoms with Crippen molar-refractivity contribution >= 4 is 17.3 Å². The number of aryl methyl sites for hydroxylation is 1. The molecule has 5 nitrogen and oxygen atoms in total. The fourth-order valence-corrected chi connectivity index (χ4v) is 1.52. The summed E-state index contributed by atoms with van der Waals surface area (Å²) >= 11 is 0. The van der Waals surface area contributed by atoms with Gasteiger partial charge in [0.2, 0.25) is 0 Å². The maximum absolute atomic E-state index is 11.5. The first-order valence-electron chi connectivity index (χ1n) is 5.75. The molecule has 2 aromatic heterocycles. The summed E-state index contributed by atoms with van der Waals surface area (Å²) in [5.74, 6) is 0.484. The van der Waals surface area contributed by atoms with E-state index in [0.717, 1.165) is 0 Å². The minimum absolute atomic E-state index is 0.0395. The third-order valence-electron chi connectivity index (χ3n) is 2.27. The van der Waals surface area contributed by atoms with Crippen molar-refractivity contribution in [1.82, 2.24) is 9.55 Å². The van der Waals surface area contributed by atoms with Crippen LogP contribution in [0.25, 0.3) is 11.0 Å². The van der Waals surface area contributed by atoms with Gasteiger partial charge in [0.15, 0.2) is 6.29 Å². The summed E-state index contributed by atoms with van der Waals surface area (Å²) in [7, 11) is 1.64. The van der Waals surface area contributed by atoms with Crippen molar-refractivity contribution in [3.8, 4) is 5.75 Å². The van der Waals surface area contributed by atoms with Crippen molar-refractivity contribution in [3.63, 3.8) is 0 Å². The SMILES string of the molecule is CC.Cn1c(=O)ccc2nccc(OCC=O)c21. The number of pyridine rings is 2. The molecule has 0 bridgehead atoms. The highest BCUT2D eigenvalue weighted by atomic mass is 16.5. The molecule has 0 fully saturated rings. The Balaban J connectivity index is 0.000000771. The number of fused-ring (bicyclic) bond motifs is 1. The zero-order valence-electron chi connectivity index (χ0n) is 10.7. The highest BCUT2D eigenvalue weighted by Crippen LogP contribution is 2.21. The first kappa shape index (κ1) is 13.9. The molecule has 5 heteroatoms. The number of aromatic nitrogens is 2. The first-order valence-corrected chi connectivity index (χ1v) is 5.75. The summed E-state index contributed by atoms with van der Waals surface area (Å²) in [5.41, 5.74) is 1.11. The zero-order chi connectivity index (χ0) is 13.5. The van der Waals surface area contributed by atoms with Crippen LogP contribution in [0.15, 0.2) is 29.2 Å². The fourth-order valence-electron chi connectivity index (χ4n) is 1.52. The maximum Gasteiger partial charge on any atom is 0.250 e. The smallest absolute Gasteiger partial charge is 0.250 e. The monoisotopic (exact) mass is 248 g/mol. The predicted octanol–water partition coefficient (Wildman–Crippen LogP) is 1.54. The van der Waals surface area contributed by atoms with Gasteiger partial charge in [-0.05, 0) is 6.07 Å². The van der Waals surface area contributed by atoms with Gasteiger partial charge in [0, 0.05) is 25.4 Å². The normalized spacial score (nSPS) is 9.50. The van der Waals surface area contributed by atoms with E-state index in [1.165, 1.54) is 10.6 Å². The standard InChI is InChI=1S/C11H10N2O3.C2H6/c1-13-10(15)3-2-8-11(13)9(4-5-12-8)16-7-6-14;1-2/h2-6H,7H2,1H3;1-2H3. The molecule has 0 N–H and O–H groups in total. The van der Waals surface area contributed by atoms with Crippen LogP contribution in [0.1, 0.15) is 13.8 Å². The van der Waals surface area contributed by atoms with E-state index in [1.54, 1.807) is 25.4 Å². The fraction of sp³-hybridized carbons (Fsp3) is 0.308. The molecule has 0 aliphatic heterocycles. The molecule has 0 aromatic carbocycles. The lowest BCUT2D eigenvalue weighted by molar-refractivity contribution is -0.109. The van der Waals surface area contributed by atoms with Gasteiger partial charge in [0.25, 0.3) is 5.56 Å². The van der Waals surface area contributed by atoms with Gasteiger partial charge in [-0.25, -0.2) is 0 Å². The maximum atomic E-state index is 11.5. The van der Waals surface area contributed by atoms with Gasteiger partial charge in [0.05, 0.1) is 5.52 Å². The second-order valence-electron chi connectivity index (χ2n) is 3.25. The Kier molecular flexibility index (Phi) is 5.05. The predicted molar refractivity (Wildman–Crippen MR) is 69.9 cm³/mol. The summed E-state index contributed by atoms with van der Waals surface area (Å²) in [6, 6.07) is 4.70. The highest BCUT2D eigenvalue weighted by molar-refractivity contribution is 5.81. The number of carbonyl (C=O) groups is 1. The lowest BCUT2D eigenvalue weighted by atomic mass is 10.3. The van der Waals surface area contributed by atoms with Gasteiger partial charge in [-0.2, -0.15) is 0 Å². The van der Waals surface area contributed by atoms with Crippen LogP contribution in [0.5, 0.6) is 5.75 Å². The Labute approximate surface area is 105 Å². The second kappa shape index (κ2) is 6.54. The molecule has 0 atom stereocenters. The second-order valence-corrected chi connectivity index (χ2v) is 3.25. The van der Waals surface area contributed by atoms with Crippen LogP contribution in [-0.2, 0) is 11.8 Å². The minimum Gasteiger partial charge on any atom is -0.484 e. The molecule has 0 spiro atoms. The molecule has 0 aliphatic carbocycles. The molecule has 18 heavy (non-hydrogen) atoms. The van der Waals surface area contributed by atoms with Gasteiger partial charge in [-0.1, -0.05) is 13.8 Å². The molecule has 0 amide bonds. The van der Waals surface area contributed by atoms with E-state index in [-0.39, 0.29) is 12.2 Å². The molecule has 0 saturated carbocycles. The van der Waals surface area contributed by atoms with Crippen LogP contribution >= 0.6 is 0 Å². The molecule has 0 radical (unpaired) electrons. The van der Waals surface area contributed by atoms with Gasteiger partial charge in [0.1, 0.15) is 17.9 Å². The van der Waals surface area contributed by atoms with Crippen molar-refractivity contribution in [2.75, 3.05) is 6.61 Å². The van der Waals surface area contributed by atoms with Crippen molar-refractivity contribution in [3.05, 3.63) is 34.7 Å². The Morgan fingerprint density at radius 1 is 1.33 bits per heavy atom. The lowest BCUT2D eigenvalue weighted by Crippen LogP contribution is -2.16. The number of carbonyl (C=O) groups excluding carboxylic acids is 1. The van der Waals surface area contributed by atoms with Crippen molar-refractivity contribution in [1.29, 1.82) is 0 Å². The van der Waals surface area contributed by atoms with Gasteiger partial charge < -0.3 is 9.30 Å². The van der Waals surface area contributed by atoms with Crippen molar-refractivity contribution in [2.24, 2.45) is 7.05 Å². The number of hydrogen-bond donors (Lipinski definition) is 0. The minimum atomic E-state index is -0.142. The number of nitrogens with zero attached hydrogens (tertiary/aromatic N) is 2. The molecular weight excluding hydrogens is 232 g/mol. The molecular formula is C13H16N2O3. The van der Waals surface area contributed by atoms with E-state index in [0.29, 0.717) is 23.1 Å². The quantitative estimate of drug-likeness (QED) is 0.773. The zero-order valence-corrected chi connectivity index (χ0v) is 10.7. The van der Waals surface area contributed by atoms with Gasteiger partial charge >= 0.3 is 0 Å².